The van der Waals surface area contributed by atoms with E-state index >= 15 is 0 Å². The largest absolute Gasteiger partial charge is 0.496 e. The van der Waals surface area contributed by atoms with Crippen LogP contribution in [0.3, 0.4) is 0 Å². The number of hydrogen-bond donors (Lipinski definition) is 1. The van der Waals surface area contributed by atoms with E-state index in [1.807, 2.05) is 0 Å². The zero-order valence-electron chi connectivity index (χ0n) is 10.9. The zero-order chi connectivity index (χ0) is 12.8. The van der Waals surface area contributed by atoms with E-state index in [4.69, 9.17) is 10.5 Å². The number of hydrogen-bond acceptors (Lipinski definition) is 2. The molecule has 0 amide bonds. The Labute approximate surface area is 102 Å². The van der Waals surface area contributed by atoms with Gasteiger partial charge in [0.1, 0.15) is 11.6 Å². The van der Waals surface area contributed by atoms with Crippen LogP contribution >= 0.6 is 0 Å². The molecule has 17 heavy (non-hydrogen) atoms. The lowest BCUT2D eigenvalue weighted by Crippen LogP contribution is -2.05. The van der Waals surface area contributed by atoms with E-state index in [0.29, 0.717) is 23.9 Å². The zero-order valence-corrected chi connectivity index (χ0v) is 10.9. The van der Waals surface area contributed by atoms with E-state index in [0.717, 1.165) is 11.3 Å². The van der Waals surface area contributed by atoms with Gasteiger partial charge in [-0.2, -0.15) is 0 Å². The Morgan fingerprint density at radius 2 is 2.06 bits per heavy atom. The Kier molecular flexibility index (Phi) is 2.90. The van der Waals surface area contributed by atoms with E-state index in [1.54, 1.807) is 26.2 Å². The van der Waals surface area contributed by atoms with E-state index in [2.05, 4.69) is 13.8 Å². The molecule has 2 nitrogen and oxygen atoms in total. The van der Waals surface area contributed by atoms with Gasteiger partial charge < -0.3 is 10.5 Å². The molecule has 94 valence electrons. The highest BCUT2D eigenvalue weighted by molar-refractivity contribution is 5.45. The van der Waals surface area contributed by atoms with Crippen LogP contribution in [0.5, 0.6) is 5.75 Å². The second-order valence-electron chi connectivity index (χ2n) is 5.48. The summed E-state index contributed by atoms with van der Waals surface area (Å²) in [6.07, 6.45) is 0. The first kappa shape index (κ1) is 12.4. The maximum Gasteiger partial charge on any atom is 0.126 e. The molecule has 0 aromatic heterocycles. The second kappa shape index (κ2) is 3.98. The Morgan fingerprint density at radius 3 is 2.53 bits per heavy atom. The van der Waals surface area contributed by atoms with Crippen molar-refractivity contribution in [3.05, 3.63) is 29.1 Å². The van der Waals surface area contributed by atoms with Crippen LogP contribution in [0.25, 0.3) is 0 Å². The molecule has 1 aliphatic rings. The van der Waals surface area contributed by atoms with Gasteiger partial charge in [0, 0.05) is 5.56 Å². The number of ether oxygens (including phenoxy) is 1. The normalized spacial score (nSPS) is 25.8. The van der Waals surface area contributed by atoms with Gasteiger partial charge >= 0.3 is 0 Å². The van der Waals surface area contributed by atoms with Crippen molar-refractivity contribution in [2.75, 3.05) is 13.7 Å². The molecule has 2 rings (SSSR count). The van der Waals surface area contributed by atoms with Crippen molar-refractivity contribution >= 4 is 0 Å². The molecule has 0 aliphatic heterocycles. The SMILES string of the molecule is COc1cc(C)c(F)cc1[C@H]1[C@H](CN)C1(C)C. The topological polar surface area (TPSA) is 35.2 Å². The molecule has 2 N–H and O–H groups in total. The first-order valence-corrected chi connectivity index (χ1v) is 5.97. The molecule has 2 atom stereocenters. The third-order valence-corrected chi connectivity index (χ3v) is 4.15. The number of aryl methyl sites for hydroxylation is 1. The van der Waals surface area contributed by atoms with Crippen molar-refractivity contribution in [2.45, 2.75) is 26.7 Å². The predicted molar refractivity (Wildman–Crippen MR) is 66.8 cm³/mol. The minimum Gasteiger partial charge on any atom is -0.496 e. The molecular formula is C14H20FNO. The minimum atomic E-state index is -0.167. The molecule has 0 heterocycles. The Bertz CT molecular complexity index is 442. The molecule has 1 fully saturated rings. The fourth-order valence-corrected chi connectivity index (χ4v) is 2.89. The summed E-state index contributed by atoms with van der Waals surface area (Å²) in [6.45, 7) is 6.73. The highest BCUT2D eigenvalue weighted by atomic mass is 19.1. The van der Waals surface area contributed by atoms with E-state index < -0.39 is 0 Å². The number of halogens is 1. The van der Waals surface area contributed by atoms with Gasteiger partial charge in [-0.15, -0.1) is 0 Å². The van der Waals surface area contributed by atoms with Gasteiger partial charge in [-0.05, 0) is 48.4 Å². The quantitative estimate of drug-likeness (QED) is 0.877. The number of rotatable bonds is 3. The van der Waals surface area contributed by atoms with E-state index in [9.17, 15) is 4.39 Å². The van der Waals surface area contributed by atoms with Gasteiger partial charge in [0.05, 0.1) is 7.11 Å². The van der Waals surface area contributed by atoms with Crippen molar-refractivity contribution in [3.8, 4) is 5.75 Å². The van der Waals surface area contributed by atoms with E-state index in [-0.39, 0.29) is 11.2 Å². The number of benzene rings is 1. The lowest BCUT2D eigenvalue weighted by atomic mass is 10.0. The summed E-state index contributed by atoms with van der Waals surface area (Å²) in [5.41, 5.74) is 7.48. The van der Waals surface area contributed by atoms with Gasteiger partial charge in [0.2, 0.25) is 0 Å². The third kappa shape index (κ3) is 1.82. The van der Waals surface area contributed by atoms with Crippen LogP contribution < -0.4 is 10.5 Å². The molecule has 0 saturated heterocycles. The summed E-state index contributed by atoms with van der Waals surface area (Å²) >= 11 is 0. The van der Waals surface area contributed by atoms with Crippen molar-refractivity contribution < 1.29 is 9.13 Å². The predicted octanol–water partition coefficient (Wildman–Crippen LogP) is 2.84. The summed E-state index contributed by atoms with van der Waals surface area (Å²) in [7, 11) is 1.63. The molecule has 0 spiro atoms. The van der Waals surface area contributed by atoms with Crippen molar-refractivity contribution in [2.24, 2.45) is 17.1 Å². The maximum absolute atomic E-state index is 13.7. The molecule has 1 aromatic carbocycles. The summed E-state index contributed by atoms with van der Waals surface area (Å²) in [6, 6.07) is 3.38. The Balaban J connectivity index is 2.43. The van der Waals surface area contributed by atoms with Crippen LogP contribution in [0.1, 0.15) is 30.9 Å². The summed E-state index contributed by atoms with van der Waals surface area (Å²) in [5.74, 6) is 1.33. The molecular weight excluding hydrogens is 217 g/mol. The highest BCUT2D eigenvalue weighted by Gasteiger charge is 2.58. The second-order valence-corrected chi connectivity index (χ2v) is 5.48. The molecule has 0 radical (unpaired) electrons. The standard InChI is InChI=1S/C14H20FNO/c1-8-5-12(17-4)9(6-11(8)15)13-10(7-16)14(13,2)3/h5-6,10,13H,7,16H2,1-4H3/t10-,13-/m0/s1. The summed E-state index contributed by atoms with van der Waals surface area (Å²) in [5, 5.41) is 0. The smallest absolute Gasteiger partial charge is 0.126 e. The van der Waals surface area contributed by atoms with Crippen LogP contribution in [-0.4, -0.2) is 13.7 Å². The van der Waals surface area contributed by atoms with Crippen molar-refractivity contribution in [1.29, 1.82) is 0 Å². The molecule has 1 aromatic rings. The first-order valence-electron chi connectivity index (χ1n) is 5.97. The van der Waals surface area contributed by atoms with Gasteiger partial charge in [-0.3, -0.25) is 0 Å². The van der Waals surface area contributed by atoms with E-state index in [1.165, 1.54) is 0 Å². The maximum atomic E-state index is 13.7. The minimum absolute atomic E-state index is 0.143. The Morgan fingerprint density at radius 1 is 1.41 bits per heavy atom. The fourth-order valence-electron chi connectivity index (χ4n) is 2.89. The summed E-state index contributed by atoms with van der Waals surface area (Å²) < 4.78 is 19.0. The summed E-state index contributed by atoms with van der Waals surface area (Å²) in [4.78, 5) is 0. The number of nitrogens with two attached hydrogens (primary N) is 1. The highest BCUT2D eigenvalue weighted by Crippen LogP contribution is 2.65. The molecule has 1 aliphatic carbocycles. The fraction of sp³-hybridized carbons (Fsp3) is 0.571. The number of methoxy groups -OCH3 is 1. The van der Waals surface area contributed by atoms with Crippen LogP contribution in [0.4, 0.5) is 4.39 Å². The van der Waals surface area contributed by atoms with Gasteiger partial charge in [-0.1, -0.05) is 13.8 Å². The molecule has 1 saturated carbocycles. The average Bonchev–Trinajstić information content (AvgIpc) is 2.83. The Hall–Kier alpha value is -1.09. The van der Waals surface area contributed by atoms with Gasteiger partial charge in [0.25, 0.3) is 0 Å². The lowest BCUT2D eigenvalue weighted by molar-refractivity contribution is 0.405. The first-order chi connectivity index (χ1) is 7.93. The van der Waals surface area contributed by atoms with Crippen molar-refractivity contribution in [1.82, 2.24) is 0 Å². The lowest BCUT2D eigenvalue weighted by Gasteiger charge is -2.11. The van der Waals surface area contributed by atoms with Crippen LogP contribution in [0.15, 0.2) is 12.1 Å². The van der Waals surface area contributed by atoms with Crippen LogP contribution in [0.2, 0.25) is 0 Å². The van der Waals surface area contributed by atoms with Crippen LogP contribution in [0, 0.1) is 24.1 Å². The van der Waals surface area contributed by atoms with Gasteiger partial charge in [0.15, 0.2) is 0 Å². The van der Waals surface area contributed by atoms with Crippen LogP contribution in [-0.2, 0) is 0 Å². The average molecular weight is 237 g/mol. The molecule has 3 heteroatoms. The van der Waals surface area contributed by atoms with Gasteiger partial charge in [-0.25, -0.2) is 4.39 Å². The van der Waals surface area contributed by atoms with Crippen molar-refractivity contribution in [3.63, 3.8) is 0 Å². The monoisotopic (exact) mass is 237 g/mol. The third-order valence-electron chi connectivity index (χ3n) is 4.15. The molecule has 0 unspecified atom stereocenters. The molecule has 0 bridgehead atoms.